The van der Waals surface area contributed by atoms with Crippen LogP contribution in [0.25, 0.3) is 11.4 Å². The summed E-state index contributed by atoms with van der Waals surface area (Å²) in [4.78, 5) is 18.8. The van der Waals surface area contributed by atoms with E-state index in [1.54, 1.807) is 4.90 Å². The largest absolute Gasteiger partial charge is 0.337 e. The number of carbonyl (C=O) groups is 1. The van der Waals surface area contributed by atoms with Gasteiger partial charge in [0.1, 0.15) is 11.9 Å². The maximum absolute atomic E-state index is 14.1. The summed E-state index contributed by atoms with van der Waals surface area (Å²) in [7, 11) is 0. The van der Waals surface area contributed by atoms with Crippen LogP contribution in [0.2, 0.25) is 5.02 Å². The summed E-state index contributed by atoms with van der Waals surface area (Å²) in [5.41, 5.74) is 0.784. The van der Waals surface area contributed by atoms with Crippen molar-refractivity contribution in [2.45, 2.75) is 18.9 Å². The Labute approximate surface area is 154 Å². The highest BCUT2D eigenvalue weighted by Crippen LogP contribution is 2.33. The number of benzene rings is 2. The standard InChI is InChI=1S/C19H15ClFN3O2/c20-13-8-9-15(21)14(11-13)19(25)24-10-4-7-16(24)18-22-17(23-26-18)12-5-2-1-3-6-12/h1-3,5-6,8-9,11,16H,4,7,10H2. The van der Waals surface area contributed by atoms with Crippen molar-refractivity contribution in [3.8, 4) is 11.4 Å². The van der Waals surface area contributed by atoms with Crippen molar-refractivity contribution in [2.75, 3.05) is 6.54 Å². The maximum Gasteiger partial charge on any atom is 0.257 e. The lowest BCUT2D eigenvalue weighted by atomic mass is 10.1. The van der Waals surface area contributed by atoms with Gasteiger partial charge in [0.15, 0.2) is 0 Å². The van der Waals surface area contributed by atoms with E-state index in [9.17, 15) is 9.18 Å². The summed E-state index contributed by atoms with van der Waals surface area (Å²) in [5, 5.41) is 4.32. The Morgan fingerprint density at radius 1 is 1.23 bits per heavy atom. The second-order valence-electron chi connectivity index (χ2n) is 6.10. The molecule has 7 heteroatoms. The summed E-state index contributed by atoms with van der Waals surface area (Å²) in [6.07, 6.45) is 1.46. The van der Waals surface area contributed by atoms with E-state index >= 15 is 0 Å². The van der Waals surface area contributed by atoms with Gasteiger partial charge >= 0.3 is 0 Å². The van der Waals surface area contributed by atoms with Gasteiger partial charge in [-0.1, -0.05) is 47.1 Å². The third kappa shape index (κ3) is 3.08. The number of halogens is 2. The normalized spacial score (nSPS) is 16.8. The van der Waals surface area contributed by atoms with Gasteiger partial charge in [-0.25, -0.2) is 4.39 Å². The molecular formula is C19H15ClFN3O2. The van der Waals surface area contributed by atoms with E-state index in [1.807, 2.05) is 30.3 Å². The molecule has 0 N–H and O–H groups in total. The summed E-state index contributed by atoms with van der Waals surface area (Å²) in [6, 6.07) is 13.0. The van der Waals surface area contributed by atoms with Crippen LogP contribution in [0.15, 0.2) is 53.1 Å². The SMILES string of the molecule is O=C(c1cc(Cl)ccc1F)N1CCCC1c1nc(-c2ccccc2)no1. The Morgan fingerprint density at radius 2 is 2.04 bits per heavy atom. The van der Waals surface area contributed by atoms with Crippen LogP contribution >= 0.6 is 11.6 Å². The number of rotatable bonds is 3. The van der Waals surface area contributed by atoms with E-state index in [-0.39, 0.29) is 11.6 Å². The second-order valence-corrected chi connectivity index (χ2v) is 6.54. The smallest absolute Gasteiger partial charge is 0.257 e. The number of aromatic nitrogens is 2. The molecule has 4 rings (SSSR count). The molecule has 2 heterocycles. The number of amides is 1. The summed E-state index contributed by atoms with van der Waals surface area (Å²) in [6.45, 7) is 0.499. The van der Waals surface area contributed by atoms with Crippen LogP contribution in [0.4, 0.5) is 4.39 Å². The molecule has 0 saturated carbocycles. The van der Waals surface area contributed by atoms with Gasteiger partial charge in [0, 0.05) is 17.1 Å². The molecule has 3 aromatic rings. The molecule has 1 saturated heterocycles. The predicted octanol–water partition coefficient (Wildman–Crippen LogP) is 4.51. The van der Waals surface area contributed by atoms with Gasteiger partial charge in [-0.3, -0.25) is 4.79 Å². The zero-order chi connectivity index (χ0) is 18.1. The van der Waals surface area contributed by atoms with Gasteiger partial charge in [0.2, 0.25) is 11.7 Å². The van der Waals surface area contributed by atoms with Crippen molar-refractivity contribution >= 4 is 17.5 Å². The number of likely N-dealkylation sites (tertiary alicyclic amines) is 1. The third-order valence-electron chi connectivity index (χ3n) is 4.43. The first-order valence-electron chi connectivity index (χ1n) is 8.28. The number of hydrogen-bond acceptors (Lipinski definition) is 4. The molecule has 1 amide bonds. The molecule has 1 aliphatic heterocycles. The molecule has 0 radical (unpaired) electrons. The van der Waals surface area contributed by atoms with E-state index in [2.05, 4.69) is 10.1 Å². The molecular weight excluding hydrogens is 357 g/mol. The van der Waals surface area contributed by atoms with E-state index < -0.39 is 11.7 Å². The van der Waals surface area contributed by atoms with Crippen molar-refractivity contribution in [3.05, 3.63) is 70.8 Å². The first kappa shape index (κ1) is 16.7. The fourth-order valence-electron chi connectivity index (χ4n) is 3.16. The van der Waals surface area contributed by atoms with Crippen LogP contribution in [0.5, 0.6) is 0 Å². The van der Waals surface area contributed by atoms with Crippen molar-refractivity contribution in [3.63, 3.8) is 0 Å². The van der Waals surface area contributed by atoms with Gasteiger partial charge in [0.05, 0.1) is 5.56 Å². The predicted molar refractivity (Wildman–Crippen MR) is 94.2 cm³/mol. The van der Waals surface area contributed by atoms with Crippen LogP contribution in [-0.4, -0.2) is 27.5 Å². The molecule has 0 spiro atoms. The summed E-state index contributed by atoms with van der Waals surface area (Å²) < 4.78 is 19.5. The topological polar surface area (TPSA) is 59.2 Å². The fourth-order valence-corrected chi connectivity index (χ4v) is 3.33. The van der Waals surface area contributed by atoms with Crippen molar-refractivity contribution in [1.29, 1.82) is 0 Å². The monoisotopic (exact) mass is 371 g/mol. The maximum atomic E-state index is 14.1. The molecule has 0 aliphatic carbocycles. The van der Waals surface area contributed by atoms with Crippen molar-refractivity contribution in [2.24, 2.45) is 0 Å². The Hall–Kier alpha value is -2.73. The molecule has 1 aromatic heterocycles. The van der Waals surface area contributed by atoms with Gasteiger partial charge in [-0.15, -0.1) is 0 Å². The minimum absolute atomic E-state index is 0.0489. The van der Waals surface area contributed by atoms with E-state index in [1.165, 1.54) is 18.2 Å². The van der Waals surface area contributed by atoms with Gasteiger partial charge in [0.25, 0.3) is 5.91 Å². The average Bonchev–Trinajstić information content (AvgIpc) is 3.33. The zero-order valence-corrected chi connectivity index (χ0v) is 14.5. The van der Waals surface area contributed by atoms with Gasteiger partial charge < -0.3 is 9.42 Å². The summed E-state index contributed by atoms with van der Waals surface area (Å²) in [5.74, 6) is -0.196. The minimum Gasteiger partial charge on any atom is -0.337 e. The first-order valence-corrected chi connectivity index (χ1v) is 8.66. The number of hydrogen-bond donors (Lipinski definition) is 0. The Morgan fingerprint density at radius 3 is 2.85 bits per heavy atom. The van der Waals surface area contributed by atoms with Crippen molar-refractivity contribution < 1.29 is 13.7 Å². The highest BCUT2D eigenvalue weighted by molar-refractivity contribution is 6.31. The van der Waals surface area contributed by atoms with E-state index in [0.717, 1.165) is 12.0 Å². The third-order valence-corrected chi connectivity index (χ3v) is 4.67. The lowest BCUT2D eigenvalue weighted by Crippen LogP contribution is -2.31. The first-order chi connectivity index (χ1) is 12.6. The van der Waals surface area contributed by atoms with Crippen LogP contribution < -0.4 is 0 Å². The van der Waals surface area contributed by atoms with Crippen LogP contribution in [-0.2, 0) is 0 Å². The van der Waals surface area contributed by atoms with Gasteiger partial charge in [-0.05, 0) is 31.0 Å². The number of carbonyl (C=O) groups excluding carboxylic acids is 1. The molecule has 1 fully saturated rings. The molecule has 26 heavy (non-hydrogen) atoms. The number of nitrogens with zero attached hydrogens (tertiary/aromatic N) is 3. The highest BCUT2D eigenvalue weighted by Gasteiger charge is 2.35. The molecule has 1 atom stereocenters. The summed E-state index contributed by atoms with van der Waals surface area (Å²) >= 11 is 5.91. The van der Waals surface area contributed by atoms with Crippen molar-refractivity contribution in [1.82, 2.24) is 15.0 Å². The van der Waals surface area contributed by atoms with Crippen LogP contribution in [0.3, 0.4) is 0 Å². The molecule has 5 nitrogen and oxygen atoms in total. The average molecular weight is 372 g/mol. The van der Waals surface area contributed by atoms with Crippen LogP contribution in [0.1, 0.15) is 35.1 Å². The Bertz CT molecular complexity index is 945. The molecule has 1 aliphatic rings. The van der Waals surface area contributed by atoms with E-state index in [4.69, 9.17) is 16.1 Å². The molecule has 1 unspecified atom stereocenters. The van der Waals surface area contributed by atoms with E-state index in [0.29, 0.717) is 29.7 Å². The fraction of sp³-hybridized carbons (Fsp3) is 0.211. The van der Waals surface area contributed by atoms with Crippen LogP contribution in [0, 0.1) is 5.82 Å². The Balaban J connectivity index is 1.62. The minimum atomic E-state index is -0.597. The zero-order valence-electron chi connectivity index (χ0n) is 13.7. The lowest BCUT2D eigenvalue weighted by molar-refractivity contribution is 0.0705. The quantitative estimate of drug-likeness (QED) is 0.679. The van der Waals surface area contributed by atoms with Gasteiger partial charge in [-0.2, -0.15) is 4.98 Å². The Kier molecular flexibility index (Phi) is 4.42. The molecule has 0 bridgehead atoms. The second kappa shape index (κ2) is 6.88. The lowest BCUT2D eigenvalue weighted by Gasteiger charge is -2.22. The molecule has 132 valence electrons. The molecule has 2 aromatic carbocycles. The highest BCUT2D eigenvalue weighted by atomic mass is 35.5.